The first kappa shape index (κ1) is 21.6. The second-order valence-electron chi connectivity index (χ2n) is 6.65. The average Bonchev–Trinajstić information content (AvgIpc) is 3.03. The zero-order valence-electron chi connectivity index (χ0n) is 15.8. The maximum absolute atomic E-state index is 12.9. The number of hydrogen-bond donors (Lipinski definition) is 0. The first-order valence-corrected chi connectivity index (χ1v) is 10.4. The zero-order chi connectivity index (χ0) is 22.3. The van der Waals surface area contributed by atoms with E-state index in [9.17, 15) is 31.7 Å². The summed E-state index contributed by atoms with van der Waals surface area (Å²) in [5, 5.41) is 15.5. The number of aromatic nitrogens is 2. The molecule has 0 amide bonds. The third-order valence-corrected chi connectivity index (χ3v) is 5.49. The van der Waals surface area contributed by atoms with Crippen LogP contribution in [0.25, 0.3) is 10.9 Å². The second-order valence-corrected chi connectivity index (χ2v) is 8.66. The molecule has 3 aromatic rings. The smallest absolute Gasteiger partial charge is 0.425 e. The Bertz CT molecular complexity index is 1220. The number of sulfone groups is 1. The maximum Gasteiger partial charge on any atom is 0.425 e. The molecule has 1 heterocycles. The number of rotatable bonds is 6. The van der Waals surface area contributed by atoms with E-state index in [2.05, 4.69) is 5.10 Å². The lowest BCUT2D eigenvalue weighted by Crippen LogP contribution is -2.31. The van der Waals surface area contributed by atoms with Crippen molar-refractivity contribution in [3.8, 4) is 5.75 Å². The van der Waals surface area contributed by atoms with Crippen molar-refractivity contribution >= 4 is 26.4 Å². The second kappa shape index (κ2) is 7.59. The Morgan fingerprint density at radius 3 is 2.53 bits per heavy atom. The fourth-order valence-corrected chi connectivity index (χ4v) is 3.43. The number of alkyl halides is 3. The van der Waals surface area contributed by atoms with Gasteiger partial charge in [0.25, 0.3) is 5.69 Å². The summed E-state index contributed by atoms with van der Waals surface area (Å²) in [4.78, 5) is 10.3. The minimum Gasteiger partial charge on any atom is -0.481 e. The number of halogens is 3. The van der Waals surface area contributed by atoms with Crippen molar-refractivity contribution in [3.63, 3.8) is 0 Å². The number of nitro benzene ring substituents is 1. The summed E-state index contributed by atoms with van der Waals surface area (Å²) in [5.74, 6) is -0.141. The van der Waals surface area contributed by atoms with Gasteiger partial charge in [-0.2, -0.15) is 18.3 Å². The van der Waals surface area contributed by atoms with Gasteiger partial charge < -0.3 is 4.74 Å². The molecule has 0 aliphatic carbocycles. The van der Waals surface area contributed by atoms with Crippen LogP contribution in [-0.2, 0) is 16.4 Å². The van der Waals surface area contributed by atoms with E-state index < -0.39 is 27.0 Å². The van der Waals surface area contributed by atoms with Crippen molar-refractivity contribution < 1.29 is 31.2 Å². The lowest BCUT2D eigenvalue weighted by Gasteiger charge is -2.20. The summed E-state index contributed by atoms with van der Waals surface area (Å²) in [6.07, 6.45) is -4.36. The Labute approximate surface area is 168 Å². The van der Waals surface area contributed by atoms with Gasteiger partial charge in [0.1, 0.15) is 5.75 Å². The van der Waals surface area contributed by atoms with Crippen molar-refractivity contribution in [1.82, 2.24) is 9.78 Å². The van der Waals surface area contributed by atoms with Gasteiger partial charge in [-0.3, -0.25) is 14.8 Å². The van der Waals surface area contributed by atoms with Crippen LogP contribution in [-0.4, -0.2) is 41.7 Å². The van der Waals surface area contributed by atoms with E-state index >= 15 is 0 Å². The fourth-order valence-electron chi connectivity index (χ4n) is 2.76. The van der Waals surface area contributed by atoms with Gasteiger partial charge in [0.15, 0.2) is 15.9 Å². The lowest BCUT2D eigenvalue weighted by atomic mass is 10.2. The minimum absolute atomic E-state index is 0.0865. The first-order chi connectivity index (χ1) is 13.9. The first-order valence-electron chi connectivity index (χ1n) is 8.52. The Kier molecular flexibility index (Phi) is 5.46. The highest BCUT2D eigenvalue weighted by molar-refractivity contribution is 7.90. The van der Waals surface area contributed by atoms with E-state index in [-0.39, 0.29) is 28.4 Å². The Morgan fingerprint density at radius 2 is 1.93 bits per heavy atom. The van der Waals surface area contributed by atoms with Crippen molar-refractivity contribution in [2.75, 3.05) is 6.26 Å². The molecule has 0 aliphatic heterocycles. The topological polar surface area (TPSA) is 104 Å². The van der Waals surface area contributed by atoms with Gasteiger partial charge in [-0.15, -0.1) is 0 Å². The van der Waals surface area contributed by atoms with Gasteiger partial charge in [-0.25, -0.2) is 8.42 Å². The van der Waals surface area contributed by atoms with E-state index in [1.807, 2.05) is 0 Å². The van der Waals surface area contributed by atoms with Crippen molar-refractivity contribution in [2.45, 2.75) is 30.6 Å². The molecule has 0 saturated heterocycles. The molecular formula is C18H16F3N3O5S. The third kappa shape index (κ3) is 4.53. The molecule has 2 aromatic carbocycles. The third-order valence-electron chi connectivity index (χ3n) is 4.38. The zero-order valence-corrected chi connectivity index (χ0v) is 16.6. The van der Waals surface area contributed by atoms with E-state index in [0.717, 1.165) is 13.2 Å². The predicted octanol–water partition coefficient (Wildman–Crippen LogP) is 3.73. The standard InChI is InChI=1S/C18H16F3N3O5S/c1-11(18(19,20)21)29-17-6-4-15(30(2,27)28)8-13(17)10-23-16-5-3-14(24(25)26)7-12(16)9-22-23/h3-9,11H,10H2,1-2H3/t11-/m0/s1. The van der Waals surface area contributed by atoms with Crippen LogP contribution >= 0.6 is 0 Å². The van der Waals surface area contributed by atoms with E-state index in [1.165, 1.54) is 47.3 Å². The van der Waals surface area contributed by atoms with Crippen LogP contribution in [0.3, 0.4) is 0 Å². The number of non-ortho nitro benzene ring substituents is 1. The summed E-state index contributed by atoms with van der Waals surface area (Å²) in [5.41, 5.74) is 0.515. The van der Waals surface area contributed by atoms with Crippen molar-refractivity contribution in [3.05, 3.63) is 58.3 Å². The fraction of sp³-hybridized carbons (Fsp3) is 0.278. The van der Waals surface area contributed by atoms with Crippen LogP contribution in [0.15, 0.2) is 47.5 Å². The quantitative estimate of drug-likeness (QED) is 0.425. The number of ether oxygens (including phenoxy) is 1. The number of benzene rings is 2. The molecule has 0 saturated carbocycles. The molecule has 0 N–H and O–H groups in total. The number of hydrogen-bond acceptors (Lipinski definition) is 6. The summed E-state index contributed by atoms with van der Waals surface area (Å²) in [7, 11) is -3.62. The molecule has 3 rings (SSSR count). The van der Waals surface area contributed by atoms with E-state index in [0.29, 0.717) is 10.9 Å². The van der Waals surface area contributed by atoms with E-state index in [1.54, 1.807) is 0 Å². The van der Waals surface area contributed by atoms with Crippen LogP contribution < -0.4 is 4.74 Å². The van der Waals surface area contributed by atoms with Crippen LogP contribution in [0.4, 0.5) is 18.9 Å². The Balaban J connectivity index is 2.04. The molecule has 1 aromatic heterocycles. The Morgan fingerprint density at radius 1 is 1.23 bits per heavy atom. The van der Waals surface area contributed by atoms with Gasteiger partial charge in [0, 0.05) is 29.3 Å². The molecule has 0 fully saturated rings. The van der Waals surface area contributed by atoms with E-state index in [4.69, 9.17) is 4.74 Å². The molecular weight excluding hydrogens is 427 g/mol. The molecule has 0 aliphatic rings. The molecule has 0 unspecified atom stereocenters. The number of nitrogens with zero attached hydrogens (tertiary/aromatic N) is 3. The molecule has 30 heavy (non-hydrogen) atoms. The summed E-state index contributed by atoms with van der Waals surface area (Å²) in [6.45, 7) is 0.737. The average molecular weight is 443 g/mol. The van der Waals surface area contributed by atoms with Crippen LogP contribution in [0.5, 0.6) is 5.75 Å². The molecule has 160 valence electrons. The van der Waals surface area contributed by atoms with Gasteiger partial charge in [-0.05, 0) is 31.2 Å². The van der Waals surface area contributed by atoms with Crippen LogP contribution in [0.2, 0.25) is 0 Å². The van der Waals surface area contributed by atoms with Crippen LogP contribution in [0, 0.1) is 10.1 Å². The largest absolute Gasteiger partial charge is 0.481 e. The van der Waals surface area contributed by atoms with Gasteiger partial charge >= 0.3 is 6.18 Å². The van der Waals surface area contributed by atoms with Crippen molar-refractivity contribution in [2.24, 2.45) is 0 Å². The summed E-state index contributed by atoms with van der Waals surface area (Å²) >= 11 is 0. The van der Waals surface area contributed by atoms with Gasteiger partial charge in [0.05, 0.1) is 28.1 Å². The molecule has 12 heteroatoms. The highest BCUT2D eigenvalue weighted by atomic mass is 32.2. The monoisotopic (exact) mass is 443 g/mol. The maximum atomic E-state index is 12.9. The number of nitro groups is 1. The van der Waals surface area contributed by atoms with Gasteiger partial charge in [-0.1, -0.05) is 0 Å². The lowest BCUT2D eigenvalue weighted by molar-refractivity contribution is -0.384. The predicted molar refractivity (Wildman–Crippen MR) is 101 cm³/mol. The Hall–Kier alpha value is -3.15. The summed E-state index contributed by atoms with van der Waals surface area (Å²) in [6, 6.07) is 7.62. The highest BCUT2D eigenvalue weighted by Gasteiger charge is 2.38. The molecule has 0 bridgehead atoms. The number of fused-ring (bicyclic) bond motifs is 1. The SMILES string of the molecule is C[C@H](Oc1ccc(S(C)(=O)=O)cc1Cn1ncc2cc([N+](=O)[O-])ccc21)C(F)(F)F. The van der Waals surface area contributed by atoms with Crippen LogP contribution in [0.1, 0.15) is 12.5 Å². The highest BCUT2D eigenvalue weighted by Crippen LogP contribution is 2.30. The van der Waals surface area contributed by atoms with Crippen molar-refractivity contribution in [1.29, 1.82) is 0 Å². The normalized spacial score (nSPS) is 13.4. The molecule has 0 radical (unpaired) electrons. The minimum atomic E-state index is -4.61. The molecule has 0 spiro atoms. The molecule has 1 atom stereocenters. The summed E-state index contributed by atoms with van der Waals surface area (Å²) < 4.78 is 69.0. The molecule has 8 nitrogen and oxygen atoms in total. The van der Waals surface area contributed by atoms with Gasteiger partial charge in [0.2, 0.25) is 0 Å².